The van der Waals surface area contributed by atoms with Gasteiger partial charge in [-0.1, -0.05) is 17.7 Å². The lowest BCUT2D eigenvalue weighted by Gasteiger charge is -2.10. The van der Waals surface area contributed by atoms with E-state index in [2.05, 4.69) is 10.0 Å². The first-order valence-corrected chi connectivity index (χ1v) is 10.1. The van der Waals surface area contributed by atoms with Crippen molar-refractivity contribution in [2.24, 2.45) is 5.73 Å². The highest BCUT2D eigenvalue weighted by Crippen LogP contribution is 2.23. The number of halogens is 1. The van der Waals surface area contributed by atoms with E-state index < -0.39 is 28.7 Å². The van der Waals surface area contributed by atoms with Gasteiger partial charge in [-0.3, -0.25) is 10.2 Å². The predicted octanol–water partition coefficient (Wildman–Crippen LogP) is 0.873. The fourth-order valence-electron chi connectivity index (χ4n) is 2.13. The van der Waals surface area contributed by atoms with Crippen LogP contribution in [-0.2, 0) is 21.5 Å². The number of benzene rings is 2. The SMILES string of the molecule is N=C(N)Nc1ccc(C(=O)Oc2ccc(CNS(=O)(=O)NCC(=O)O)c(Cl)c2)cc1. The van der Waals surface area contributed by atoms with Crippen molar-refractivity contribution in [1.82, 2.24) is 9.44 Å². The van der Waals surface area contributed by atoms with Gasteiger partial charge in [-0.05, 0) is 42.0 Å². The van der Waals surface area contributed by atoms with Gasteiger partial charge < -0.3 is 20.9 Å². The molecule has 0 unspecified atom stereocenters. The molecule has 0 saturated heterocycles. The van der Waals surface area contributed by atoms with Crippen molar-refractivity contribution in [2.45, 2.75) is 6.54 Å². The first-order chi connectivity index (χ1) is 14.1. The second-order valence-corrected chi connectivity index (χ2v) is 7.79. The molecule has 160 valence electrons. The van der Waals surface area contributed by atoms with Crippen molar-refractivity contribution < 1.29 is 27.9 Å². The van der Waals surface area contributed by atoms with E-state index in [1.807, 2.05) is 4.72 Å². The van der Waals surface area contributed by atoms with Crippen molar-refractivity contribution in [2.75, 3.05) is 11.9 Å². The summed E-state index contributed by atoms with van der Waals surface area (Å²) >= 11 is 6.10. The van der Waals surface area contributed by atoms with Gasteiger partial charge in [-0.15, -0.1) is 0 Å². The molecule has 2 rings (SSSR count). The van der Waals surface area contributed by atoms with Gasteiger partial charge in [0.1, 0.15) is 12.3 Å². The first-order valence-electron chi connectivity index (χ1n) is 8.23. The Balaban J connectivity index is 1.98. The zero-order valence-electron chi connectivity index (χ0n) is 15.3. The number of esters is 1. The van der Waals surface area contributed by atoms with Gasteiger partial charge in [0.25, 0.3) is 10.2 Å². The normalized spacial score (nSPS) is 11.0. The van der Waals surface area contributed by atoms with Gasteiger partial charge in [0.2, 0.25) is 0 Å². The fraction of sp³-hybridized carbons (Fsp3) is 0.118. The number of nitrogens with two attached hydrogens (primary N) is 1. The van der Waals surface area contributed by atoms with Gasteiger partial charge in [-0.25, -0.2) is 4.79 Å². The summed E-state index contributed by atoms with van der Waals surface area (Å²) in [7, 11) is -4.02. The average Bonchev–Trinajstić information content (AvgIpc) is 2.66. The molecule has 0 aromatic heterocycles. The van der Waals surface area contributed by atoms with Crippen LogP contribution in [0, 0.1) is 5.41 Å². The van der Waals surface area contributed by atoms with Crippen LogP contribution < -0.4 is 25.2 Å². The molecule has 0 bridgehead atoms. The summed E-state index contributed by atoms with van der Waals surface area (Å²) in [6, 6.07) is 10.3. The number of anilines is 1. The van der Waals surface area contributed by atoms with E-state index in [0.717, 1.165) is 0 Å². The highest BCUT2D eigenvalue weighted by Gasteiger charge is 2.14. The molecule has 0 fully saturated rings. The topological polar surface area (TPSA) is 184 Å². The monoisotopic (exact) mass is 455 g/mol. The third-order valence-electron chi connectivity index (χ3n) is 3.50. The van der Waals surface area contributed by atoms with Crippen LogP contribution in [-0.4, -0.2) is 38.0 Å². The van der Waals surface area contributed by atoms with Gasteiger partial charge in [0, 0.05) is 17.3 Å². The van der Waals surface area contributed by atoms with Crippen LogP contribution in [0.1, 0.15) is 15.9 Å². The minimum Gasteiger partial charge on any atom is -0.480 e. The van der Waals surface area contributed by atoms with E-state index in [1.165, 1.54) is 30.3 Å². The molecule has 0 aliphatic rings. The van der Waals surface area contributed by atoms with Crippen LogP contribution in [0.2, 0.25) is 5.02 Å². The lowest BCUT2D eigenvalue weighted by atomic mass is 10.2. The minimum atomic E-state index is -4.02. The summed E-state index contributed by atoms with van der Waals surface area (Å²) in [5.41, 5.74) is 6.40. The van der Waals surface area contributed by atoms with Gasteiger partial charge in [0.15, 0.2) is 5.96 Å². The number of ether oxygens (including phenoxy) is 1. The number of nitrogens with one attached hydrogen (secondary N) is 4. The molecule has 0 atom stereocenters. The molecule has 13 heteroatoms. The van der Waals surface area contributed by atoms with E-state index in [9.17, 15) is 18.0 Å². The van der Waals surface area contributed by atoms with E-state index in [-0.39, 0.29) is 28.8 Å². The molecular formula is C17H18ClN5O6S. The predicted molar refractivity (Wildman–Crippen MR) is 110 cm³/mol. The summed E-state index contributed by atoms with van der Waals surface area (Å²) in [5.74, 6) is -2.06. The van der Waals surface area contributed by atoms with Crippen LogP contribution in [0.5, 0.6) is 5.75 Å². The zero-order valence-corrected chi connectivity index (χ0v) is 16.9. The number of carboxylic acid groups (broad SMARTS) is 1. The Morgan fingerprint density at radius 1 is 1.13 bits per heavy atom. The van der Waals surface area contributed by atoms with Crippen LogP contribution in [0.4, 0.5) is 5.69 Å². The van der Waals surface area contributed by atoms with Crippen molar-refractivity contribution >= 4 is 45.4 Å². The largest absolute Gasteiger partial charge is 0.480 e. The highest BCUT2D eigenvalue weighted by molar-refractivity contribution is 7.87. The van der Waals surface area contributed by atoms with Crippen molar-refractivity contribution in [3.8, 4) is 5.75 Å². The second-order valence-electron chi connectivity index (χ2n) is 5.80. The van der Waals surface area contributed by atoms with Crippen LogP contribution in [0.25, 0.3) is 0 Å². The summed E-state index contributed by atoms with van der Waals surface area (Å²) in [4.78, 5) is 22.7. The number of rotatable bonds is 9. The molecule has 0 radical (unpaired) electrons. The van der Waals surface area contributed by atoms with Crippen LogP contribution >= 0.6 is 11.6 Å². The maximum absolute atomic E-state index is 12.2. The van der Waals surface area contributed by atoms with E-state index in [1.54, 1.807) is 12.1 Å². The summed E-state index contributed by atoms with van der Waals surface area (Å²) in [6.07, 6.45) is 0. The molecule has 0 amide bonds. The molecule has 0 saturated carbocycles. The number of carboxylic acids is 1. The number of aliphatic carboxylic acids is 1. The number of guanidine groups is 1. The molecule has 0 spiro atoms. The Morgan fingerprint density at radius 3 is 2.37 bits per heavy atom. The van der Waals surface area contributed by atoms with Gasteiger partial charge in [-0.2, -0.15) is 17.9 Å². The van der Waals surface area contributed by atoms with Gasteiger partial charge >= 0.3 is 11.9 Å². The Hall–Kier alpha value is -3.19. The number of carbonyl (C=O) groups is 2. The van der Waals surface area contributed by atoms with Crippen molar-refractivity contribution in [3.63, 3.8) is 0 Å². The Kier molecular flexibility index (Phi) is 7.72. The molecule has 7 N–H and O–H groups in total. The third-order valence-corrected chi connectivity index (χ3v) is 4.90. The molecule has 2 aromatic carbocycles. The number of carbonyl (C=O) groups excluding carboxylic acids is 1. The molecular weight excluding hydrogens is 438 g/mol. The summed E-state index contributed by atoms with van der Waals surface area (Å²) in [6.45, 7) is -0.962. The summed E-state index contributed by atoms with van der Waals surface area (Å²) in [5, 5.41) is 18.4. The van der Waals surface area contributed by atoms with Crippen LogP contribution in [0.15, 0.2) is 42.5 Å². The lowest BCUT2D eigenvalue weighted by Crippen LogP contribution is -2.38. The maximum Gasteiger partial charge on any atom is 0.343 e. The molecule has 0 aliphatic heterocycles. The average molecular weight is 456 g/mol. The number of hydrogen-bond donors (Lipinski definition) is 6. The van der Waals surface area contributed by atoms with Crippen molar-refractivity contribution in [1.29, 1.82) is 5.41 Å². The molecule has 2 aromatic rings. The Labute approximate surface area is 176 Å². The maximum atomic E-state index is 12.2. The molecule has 0 heterocycles. The van der Waals surface area contributed by atoms with E-state index in [4.69, 9.17) is 32.6 Å². The molecule has 11 nitrogen and oxygen atoms in total. The first kappa shape index (κ1) is 23.1. The lowest BCUT2D eigenvalue weighted by molar-refractivity contribution is -0.135. The number of hydrogen-bond acceptors (Lipinski definition) is 6. The highest BCUT2D eigenvalue weighted by atomic mass is 35.5. The Bertz CT molecular complexity index is 1060. The van der Waals surface area contributed by atoms with Gasteiger partial charge in [0.05, 0.1) is 5.56 Å². The standard InChI is InChI=1S/C17H18ClN5O6S/c18-14-7-13(6-3-11(14)8-21-30(27,28)22-9-15(24)25)29-16(26)10-1-4-12(5-2-10)23-17(19)20/h1-7,21-22H,8-9H2,(H,24,25)(H4,19,20,23). The third kappa shape index (κ3) is 7.33. The smallest absolute Gasteiger partial charge is 0.343 e. The Morgan fingerprint density at radius 2 is 1.80 bits per heavy atom. The van der Waals surface area contributed by atoms with Crippen molar-refractivity contribution in [3.05, 3.63) is 58.6 Å². The van der Waals surface area contributed by atoms with E-state index in [0.29, 0.717) is 11.3 Å². The zero-order chi connectivity index (χ0) is 22.3. The van der Waals surface area contributed by atoms with E-state index >= 15 is 0 Å². The fourth-order valence-corrected chi connectivity index (χ4v) is 3.12. The molecule has 0 aliphatic carbocycles. The van der Waals surface area contributed by atoms with Crippen LogP contribution in [0.3, 0.4) is 0 Å². The second kappa shape index (κ2) is 10.0. The summed E-state index contributed by atoms with van der Waals surface area (Å²) < 4.78 is 32.5. The quantitative estimate of drug-likeness (QED) is 0.139. The molecule has 30 heavy (non-hydrogen) atoms. The minimum absolute atomic E-state index is 0.141.